The minimum atomic E-state index is -0.142. The van der Waals surface area contributed by atoms with Crippen LogP contribution in [0.4, 0.5) is 5.69 Å². The minimum absolute atomic E-state index is 0.0173. The Morgan fingerprint density at radius 2 is 2.29 bits per heavy atom. The van der Waals surface area contributed by atoms with Gasteiger partial charge in [0, 0.05) is 5.02 Å². The third-order valence-corrected chi connectivity index (χ3v) is 4.14. The van der Waals surface area contributed by atoms with Gasteiger partial charge >= 0.3 is 0 Å². The van der Waals surface area contributed by atoms with Crippen molar-refractivity contribution in [2.45, 2.75) is 39.2 Å². The minimum Gasteiger partial charge on any atom is -0.492 e. The van der Waals surface area contributed by atoms with E-state index in [0.29, 0.717) is 29.0 Å². The highest BCUT2D eigenvalue weighted by Crippen LogP contribution is 2.29. The number of benzene rings is 1. The van der Waals surface area contributed by atoms with Crippen LogP contribution in [0.5, 0.6) is 5.75 Å². The van der Waals surface area contributed by atoms with E-state index in [0.717, 1.165) is 25.8 Å². The molecule has 0 aliphatic carbocycles. The smallest absolute Gasteiger partial charge is 0.241 e. The van der Waals surface area contributed by atoms with E-state index in [2.05, 4.69) is 17.6 Å². The molecule has 1 aromatic carbocycles. The molecule has 1 amide bonds. The Labute approximate surface area is 131 Å². The molecule has 1 aliphatic heterocycles. The van der Waals surface area contributed by atoms with Crippen LogP contribution in [0.2, 0.25) is 5.02 Å². The molecule has 5 heteroatoms. The zero-order valence-corrected chi connectivity index (χ0v) is 13.4. The van der Waals surface area contributed by atoms with Crippen LogP contribution in [-0.2, 0) is 4.79 Å². The summed E-state index contributed by atoms with van der Waals surface area (Å²) in [6, 6.07) is 5.13. The van der Waals surface area contributed by atoms with Crippen molar-refractivity contribution in [3.8, 4) is 5.75 Å². The number of hydrogen-bond donors (Lipinski definition) is 2. The summed E-state index contributed by atoms with van der Waals surface area (Å²) in [5.74, 6) is 1.25. The summed E-state index contributed by atoms with van der Waals surface area (Å²) in [4.78, 5) is 12.4. The Morgan fingerprint density at radius 1 is 1.48 bits per heavy atom. The first-order valence-corrected chi connectivity index (χ1v) is 7.98. The fourth-order valence-corrected chi connectivity index (χ4v) is 2.84. The molecule has 0 spiro atoms. The van der Waals surface area contributed by atoms with Crippen LogP contribution < -0.4 is 15.4 Å². The number of anilines is 1. The second-order valence-corrected chi connectivity index (χ2v) is 5.80. The second-order valence-electron chi connectivity index (χ2n) is 5.37. The van der Waals surface area contributed by atoms with Crippen LogP contribution in [0.1, 0.15) is 33.1 Å². The lowest BCUT2D eigenvalue weighted by atomic mass is 9.90. The average molecular weight is 311 g/mol. The first kappa shape index (κ1) is 16.1. The van der Waals surface area contributed by atoms with Gasteiger partial charge in [0.05, 0.1) is 18.3 Å². The molecule has 0 aromatic heterocycles. The lowest BCUT2D eigenvalue weighted by Crippen LogP contribution is -2.46. The maximum absolute atomic E-state index is 12.4. The van der Waals surface area contributed by atoms with Gasteiger partial charge in [0.15, 0.2) is 0 Å². The van der Waals surface area contributed by atoms with Gasteiger partial charge in [-0.25, -0.2) is 0 Å². The average Bonchev–Trinajstić information content (AvgIpc) is 2.50. The predicted molar refractivity (Wildman–Crippen MR) is 86.1 cm³/mol. The van der Waals surface area contributed by atoms with Crippen molar-refractivity contribution in [3.05, 3.63) is 23.2 Å². The van der Waals surface area contributed by atoms with Crippen molar-refractivity contribution in [1.29, 1.82) is 0 Å². The Balaban J connectivity index is 2.06. The van der Waals surface area contributed by atoms with Crippen molar-refractivity contribution in [1.82, 2.24) is 5.32 Å². The largest absolute Gasteiger partial charge is 0.492 e. The number of carbonyl (C=O) groups excluding carboxylic acids is 1. The molecule has 2 unspecified atom stereocenters. The fraction of sp³-hybridized carbons (Fsp3) is 0.562. The maximum atomic E-state index is 12.4. The number of halogens is 1. The molecule has 21 heavy (non-hydrogen) atoms. The maximum Gasteiger partial charge on any atom is 0.241 e. The molecule has 116 valence electrons. The van der Waals surface area contributed by atoms with Crippen LogP contribution in [-0.4, -0.2) is 25.1 Å². The molecule has 0 radical (unpaired) electrons. The van der Waals surface area contributed by atoms with E-state index < -0.39 is 0 Å². The molecule has 4 nitrogen and oxygen atoms in total. The summed E-state index contributed by atoms with van der Waals surface area (Å²) in [5, 5.41) is 6.80. The summed E-state index contributed by atoms with van der Waals surface area (Å²) in [7, 11) is 0. The lowest BCUT2D eigenvalue weighted by molar-refractivity contribution is -0.119. The third kappa shape index (κ3) is 4.35. The van der Waals surface area contributed by atoms with Crippen molar-refractivity contribution in [2.75, 3.05) is 18.5 Å². The lowest BCUT2D eigenvalue weighted by Gasteiger charge is -2.29. The Morgan fingerprint density at radius 3 is 3.00 bits per heavy atom. The highest BCUT2D eigenvalue weighted by atomic mass is 35.5. The summed E-state index contributed by atoms with van der Waals surface area (Å²) < 4.78 is 5.53. The zero-order chi connectivity index (χ0) is 15.2. The number of ether oxygens (including phenoxy) is 1. The van der Waals surface area contributed by atoms with Gasteiger partial charge in [-0.3, -0.25) is 4.79 Å². The normalized spacial score (nSPS) is 21.9. The SMILES string of the molecule is CCOc1ccc(Cl)cc1NC(=O)C1CC(CC)CCN1. The summed E-state index contributed by atoms with van der Waals surface area (Å²) in [6.07, 6.45) is 3.14. The van der Waals surface area contributed by atoms with Crippen LogP contribution in [0, 0.1) is 5.92 Å². The molecule has 2 rings (SSSR count). The molecule has 1 heterocycles. The topological polar surface area (TPSA) is 50.4 Å². The first-order chi connectivity index (χ1) is 10.1. The summed E-state index contributed by atoms with van der Waals surface area (Å²) >= 11 is 6.01. The first-order valence-electron chi connectivity index (χ1n) is 7.60. The molecular formula is C16H23ClN2O2. The van der Waals surface area contributed by atoms with Gasteiger partial charge in [-0.15, -0.1) is 0 Å². The zero-order valence-electron chi connectivity index (χ0n) is 12.6. The molecular weight excluding hydrogens is 288 g/mol. The van der Waals surface area contributed by atoms with E-state index in [-0.39, 0.29) is 11.9 Å². The quantitative estimate of drug-likeness (QED) is 0.875. The molecule has 1 aliphatic rings. The Kier molecular flexibility index (Phi) is 5.88. The van der Waals surface area contributed by atoms with Crippen molar-refractivity contribution in [2.24, 2.45) is 5.92 Å². The monoisotopic (exact) mass is 310 g/mol. The predicted octanol–water partition coefficient (Wildman–Crippen LogP) is 3.46. The van der Waals surface area contributed by atoms with E-state index >= 15 is 0 Å². The van der Waals surface area contributed by atoms with Crippen molar-refractivity contribution >= 4 is 23.2 Å². The van der Waals surface area contributed by atoms with E-state index in [9.17, 15) is 4.79 Å². The van der Waals surface area contributed by atoms with Gasteiger partial charge < -0.3 is 15.4 Å². The van der Waals surface area contributed by atoms with E-state index in [1.807, 2.05) is 6.92 Å². The number of piperidine rings is 1. The molecule has 0 saturated carbocycles. The number of nitrogens with one attached hydrogen (secondary N) is 2. The van der Waals surface area contributed by atoms with Gasteiger partial charge in [0.2, 0.25) is 5.91 Å². The van der Waals surface area contributed by atoms with Gasteiger partial charge in [-0.1, -0.05) is 24.9 Å². The van der Waals surface area contributed by atoms with E-state index in [4.69, 9.17) is 16.3 Å². The Hall–Kier alpha value is -1.26. The van der Waals surface area contributed by atoms with Crippen molar-refractivity contribution < 1.29 is 9.53 Å². The van der Waals surface area contributed by atoms with E-state index in [1.165, 1.54) is 0 Å². The van der Waals surface area contributed by atoms with Gasteiger partial charge in [0.25, 0.3) is 0 Å². The number of rotatable bonds is 5. The van der Waals surface area contributed by atoms with Crippen LogP contribution in [0.3, 0.4) is 0 Å². The number of carbonyl (C=O) groups is 1. The molecule has 0 bridgehead atoms. The number of hydrogen-bond acceptors (Lipinski definition) is 3. The Bertz CT molecular complexity index is 493. The van der Waals surface area contributed by atoms with E-state index in [1.54, 1.807) is 18.2 Å². The summed E-state index contributed by atoms with van der Waals surface area (Å²) in [6.45, 7) is 5.53. The number of amides is 1. The fourth-order valence-electron chi connectivity index (χ4n) is 2.67. The van der Waals surface area contributed by atoms with Crippen LogP contribution >= 0.6 is 11.6 Å². The van der Waals surface area contributed by atoms with Crippen molar-refractivity contribution in [3.63, 3.8) is 0 Å². The highest BCUT2D eigenvalue weighted by Gasteiger charge is 2.26. The molecule has 2 atom stereocenters. The molecule has 1 saturated heterocycles. The van der Waals surface area contributed by atoms with Gasteiger partial charge in [-0.2, -0.15) is 0 Å². The van der Waals surface area contributed by atoms with Gasteiger partial charge in [0.1, 0.15) is 5.75 Å². The van der Waals surface area contributed by atoms with Crippen LogP contribution in [0.25, 0.3) is 0 Å². The van der Waals surface area contributed by atoms with Gasteiger partial charge in [-0.05, 0) is 50.4 Å². The second kappa shape index (κ2) is 7.66. The summed E-state index contributed by atoms with van der Waals surface area (Å²) in [5.41, 5.74) is 0.634. The molecule has 2 N–H and O–H groups in total. The molecule has 1 fully saturated rings. The third-order valence-electron chi connectivity index (χ3n) is 3.91. The standard InChI is InChI=1S/C16H23ClN2O2/c1-3-11-7-8-18-14(9-11)16(20)19-13-10-12(17)5-6-15(13)21-4-2/h5-6,10-11,14,18H,3-4,7-9H2,1-2H3,(H,19,20). The highest BCUT2D eigenvalue weighted by molar-refractivity contribution is 6.31. The molecule has 1 aromatic rings. The van der Waals surface area contributed by atoms with Crippen LogP contribution in [0.15, 0.2) is 18.2 Å².